The van der Waals surface area contributed by atoms with Gasteiger partial charge in [-0.15, -0.1) is 0 Å². The van der Waals surface area contributed by atoms with E-state index >= 15 is 0 Å². The predicted molar refractivity (Wildman–Crippen MR) is 84.9 cm³/mol. The third-order valence-electron chi connectivity index (χ3n) is 3.26. The molecule has 0 unspecified atom stereocenters. The van der Waals surface area contributed by atoms with E-state index in [1.807, 2.05) is 26.1 Å². The number of carbonyl (C=O) groups is 1. The van der Waals surface area contributed by atoms with Crippen LogP contribution in [-0.2, 0) is 16.4 Å². The van der Waals surface area contributed by atoms with E-state index in [4.69, 9.17) is 5.11 Å². The number of carboxylic acid groups (broad SMARTS) is 1. The molecule has 0 aliphatic rings. The number of nitrogens with zero attached hydrogens (tertiary/aromatic N) is 2. The van der Waals surface area contributed by atoms with Gasteiger partial charge < -0.3 is 5.11 Å². The van der Waals surface area contributed by atoms with Crippen LogP contribution in [0.4, 0.5) is 0 Å². The van der Waals surface area contributed by atoms with Crippen molar-refractivity contribution in [2.24, 2.45) is 0 Å². The number of sulfonamides is 1. The summed E-state index contributed by atoms with van der Waals surface area (Å²) in [5, 5.41) is 13.3. The Labute approximate surface area is 135 Å². The molecule has 0 saturated carbocycles. The van der Waals surface area contributed by atoms with Crippen molar-refractivity contribution in [1.29, 1.82) is 0 Å². The predicted octanol–water partition coefficient (Wildman–Crippen LogP) is 1.68. The molecule has 0 aliphatic heterocycles. The van der Waals surface area contributed by atoms with Gasteiger partial charge in [0.25, 0.3) is 0 Å². The van der Waals surface area contributed by atoms with Crippen LogP contribution in [0, 0.1) is 0 Å². The van der Waals surface area contributed by atoms with Gasteiger partial charge >= 0.3 is 5.97 Å². The van der Waals surface area contributed by atoms with Crippen LogP contribution in [-0.4, -0.2) is 35.8 Å². The van der Waals surface area contributed by atoms with Crippen LogP contribution in [0.1, 0.15) is 35.9 Å². The second kappa shape index (κ2) is 6.93. The summed E-state index contributed by atoms with van der Waals surface area (Å²) in [4.78, 5) is 10.8. The van der Waals surface area contributed by atoms with Gasteiger partial charge in [-0.2, -0.15) is 5.10 Å². The van der Waals surface area contributed by atoms with E-state index in [0.29, 0.717) is 6.42 Å². The van der Waals surface area contributed by atoms with E-state index in [1.165, 1.54) is 18.2 Å². The van der Waals surface area contributed by atoms with Gasteiger partial charge in [-0.25, -0.2) is 17.9 Å². The van der Waals surface area contributed by atoms with Crippen molar-refractivity contribution in [3.05, 3.63) is 47.8 Å². The molecule has 0 radical (unpaired) electrons. The van der Waals surface area contributed by atoms with Gasteiger partial charge in [0.1, 0.15) is 0 Å². The number of rotatable bonds is 7. The fourth-order valence-electron chi connectivity index (χ4n) is 1.99. The number of hydrogen-bond acceptors (Lipinski definition) is 4. The van der Waals surface area contributed by atoms with Gasteiger partial charge in [0, 0.05) is 25.2 Å². The highest BCUT2D eigenvalue weighted by Gasteiger charge is 2.15. The molecular formula is C15H19N3O4S. The van der Waals surface area contributed by atoms with Crippen LogP contribution >= 0.6 is 0 Å². The first-order valence-corrected chi connectivity index (χ1v) is 8.65. The van der Waals surface area contributed by atoms with E-state index in [2.05, 4.69) is 9.82 Å². The quantitative estimate of drug-likeness (QED) is 0.800. The monoisotopic (exact) mass is 337 g/mol. The lowest BCUT2D eigenvalue weighted by Gasteiger charge is -2.07. The van der Waals surface area contributed by atoms with E-state index < -0.39 is 16.0 Å². The van der Waals surface area contributed by atoms with Crippen LogP contribution in [0.3, 0.4) is 0 Å². The van der Waals surface area contributed by atoms with Crippen LogP contribution in [0.25, 0.3) is 0 Å². The Morgan fingerprint density at radius 3 is 2.70 bits per heavy atom. The highest BCUT2D eigenvalue weighted by atomic mass is 32.2. The number of aromatic nitrogens is 2. The Kier molecular flexibility index (Phi) is 5.17. The maximum absolute atomic E-state index is 12.2. The minimum Gasteiger partial charge on any atom is -0.478 e. The Hall–Kier alpha value is -2.19. The summed E-state index contributed by atoms with van der Waals surface area (Å²) >= 11 is 0. The summed E-state index contributed by atoms with van der Waals surface area (Å²) in [6.45, 7) is 4.21. The van der Waals surface area contributed by atoms with Crippen LogP contribution in [0.15, 0.2) is 41.4 Å². The summed E-state index contributed by atoms with van der Waals surface area (Å²) in [6.07, 6.45) is 2.31. The minimum atomic E-state index is -3.74. The Bertz CT molecular complexity index is 797. The van der Waals surface area contributed by atoms with Gasteiger partial charge in [-0.3, -0.25) is 4.68 Å². The van der Waals surface area contributed by atoms with Crippen LogP contribution in [0.5, 0.6) is 0 Å². The molecule has 23 heavy (non-hydrogen) atoms. The molecule has 0 fully saturated rings. The zero-order valence-corrected chi connectivity index (χ0v) is 13.7. The van der Waals surface area contributed by atoms with Crippen molar-refractivity contribution in [2.45, 2.75) is 31.2 Å². The normalized spacial score (nSPS) is 11.8. The number of hydrogen-bond donors (Lipinski definition) is 2. The second-order valence-electron chi connectivity index (χ2n) is 5.36. The number of nitrogens with one attached hydrogen (secondary N) is 1. The first kappa shape index (κ1) is 17.2. The summed E-state index contributed by atoms with van der Waals surface area (Å²) in [5.74, 6) is -1.17. The van der Waals surface area contributed by atoms with E-state index in [0.717, 1.165) is 11.8 Å². The minimum absolute atomic E-state index is 0.0647. The fraction of sp³-hybridized carbons (Fsp3) is 0.333. The van der Waals surface area contributed by atoms with Crippen molar-refractivity contribution >= 4 is 16.0 Å². The van der Waals surface area contributed by atoms with Gasteiger partial charge in [0.2, 0.25) is 10.0 Å². The highest BCUT2D eigenvalue weighted by Crippen LogP contribution is 2.12. The lowest BCUT2D eigenvalue weighted by molar-refractivity contribution is 0.0696. The third kappa shape index (κ3) is 4.40. The number of carboxylic acids is 1. The maximum Gasteiger partial charge on any atom is 0.335 e. The Morgan fingerprint density at radius 1 is 1.35 bits per heavy atom. The van der Waals surface area contributed by atoms with Gasteiger partial charge in [-0.1, -0.05) is 6.07 Å². The van der Waals surface area contributed by atoms with Crippen LogP contribution in [0.2, 0.25) is 0 Å². The molecule has 124 valence electrons. The molecule has 1 heterocycles. The standard InChI is InChI=1S/C15H19N3O4S/c1-11(2)18-9-7-13(17-18)6-8-16-23(21,22)14-5-3-4-12(10-14)15(19)20/h3-5,7,9-11,16H,6,8H2,1-2H3,(H,19,20). The molecule has 1 aromatic heterocycles. The van der Waals surface area contributed by atoms with E-state index in [-0.39, 0.29) is 23.0 Å². The third-order valence-corrected chi connectivity index (χ3v) is 4.72. The lowest BCUT2D eigenvalue weighted by atomic mass is 10.2. The average molecular weight is 337 g/mol. The van der Waals surface area contributed by atoms with Gasteiger partial charge in [0.15, 0.2) is 0 Å². The molecule has 2 aromatic rings. The second-order valence-corrected chi connectivity index (χ2v) is 7.13. The topological polar surface area (TPSA) is 101 Å². The summed E-state index contributed by atoms with van der Waals surface area (Å²) in [5.41, 5.74) is 0.726. The molecule has 0 aliphatic carbocycles. The molecule has 8 heteroatoms. The maximum atomic E-state index is 12.2. The smallest absolute Gasteiger partial charge is 0.335 e. The van der Waals surface area contributed by atoms with Crippen molar-refractivity contribution in [3.63, 3.8) is 0 Å². The molecule has 0 bridgehead atoms. The molecule has 0 amide bonds. The van der Waals surface area contributed by atoms with Crippen molar-refractivity contribution in [3.8, 4) is 0 Å². The van der Waals surface area contributed by atoms with Crippen molar-refractivity contribution in [2.75, 3.05) is 6.54 Å². The van der Waals surface area contributed by atoms with Crippen LogP contribution < -0.4 is 4.72 Å². The number of aromatic carboxylic acids is 1. The van der Waals surface area contributed by atoms with Crippen molar-refractivity contribution in [1.82, 2.24) is 14.5 Å². The Balaban J connectivity index is 2.01. The largest absolute Gasteiger partial charge is 0.478 e. The molecule has 2 N–H and O–H groups in total. The fourth-order valence-corrected chi connectivity index (χ4v) is 3.07. The molecule has 7 nitrogen and oxygen atoms in total. The first-order valence-electron chi connectivity index (χ1n) is 7.16. The summed E-state index contributed by atoms with van der Waals surface area (Å²) in [6, 6.07) is 7.35. The van der Waals surface area contributed by atoms with Crippen molar-refractivity contribution < 1.29 is 18.3 Å². The van der Waals surface area contributed by atoms with Gasteiger partial charge in [0.05, 0.1) is 16.2 Å². The van der Waals surface area contributed by atoms with Gasteiger partial charge in [-0.05, 0) is 38.1 Å². The Morgan fingerprint density at radius 2 is 2.09 bits per heavy atom. The highest BCUT2D eigenvalue weighted by molar-refractivity contribution is 7.89. The van der Waals surface area contributed by atoms with E-state index in [1.54, 1.807) is 4.68 Å². The molecule has 0 saturated heterocycles. The lowest BCUT2D eigenvalue weighted by Crippen LogP contribution is -2.26. The molecule has 2 rings (SSSR count). The zero-order chi connectivity index (χ0) is 17.0. The molecule has 0 spiro atoms. The molecular weight excluding hydrogens is 318 g/mol. The summed E-state index contributed by atoms with van der Waals surface area (Å²) in [7, 11) is -3.74. The number of benzene rings is 1. The average Bonchev–Trinajstić information content (AvgIpc) is 2.96. The molecule has 0 atom stereocenters. The SMILES string of the molecule is CC(C)n1ccc(CCNS(=O)(=O)c2cccc(C(=O)O)c2)n1. The molecule has 1 aromatic carbocycles. The zero-order valence-electron chi connectivity index (χ0n) is 12.9. The summed E-state index contributed by atoms with van der Waals surface area (Å²) < 4.78 is 28.6. The van der Waals surface area contributed by atoms with E-state index in [9.17, 15) is 13.2 Å². The first-order chi connectivity index (χ1) is 10.8.